The van der Waals surface area contributed by atoms with Crippen molar-refractivity contribution >= 4 is 28.8 Å². The number of fused-ring (bicyclic) bond motifs is 1. The molecule has 2 heterocycles. The van der Waals surface area contributed by atoms with E-state index >= 15 is 0 Å². The van der Waals surface area contributed by atoms with E-state index in [-0.39, 0.29) is 6.04 Å². The molecular weight excluding hydrogens is 394 g/mol. The number of carbonyl (C=O) groups is 2. The van der Waals surface area contributed by atoms with Gasteiger partial charge in [-0.15, -0.1) is 0 Å². The zero-order valence-corrected chi connectivity index (χ0v) is 17.7. The van der Waals surface area contributed by atoms with E-state index in [0.717, 1.165) is 25.1 Å². The topological polar surface area (TPSA) is 61.4 Å². The van der Waals surface area contributed by atoms with Crippen LogP contribution in [0.5, 0.6) is 0 Å². The first-order chi connectivity index (χ1) is 14.6. The first-order valence-electron chi connectivity index (χ1n) is 10.1. The summed E-state index contributed by atoms with van der Waals surface area (Å²) >= 11 is 1.64. The molecule has 0 radical (unpaired) electrons. The molecule has 1 aromatic heterocycles. The number of aryl methyl sites for hydroxylation is 1. The number of nitrogens with zero attached hydrogens (tertiary/aromatic N) is 1. The van der Waals surface area contributed by atoms with E-state index in [2.05, 4.69) is 51.2 Å². The van der Waals surface area contributed by atoms with Crippen LogP contribution in [0.4, 0.5) is 5.69 Å². The van der Waals surface area contributed by atoms with Crippen molar-refractivity contribution in [3.05, 3.63) is 87.6 Å². The number of amides is 2. The van der Waals surface area contributed by atoms with Gasteiger partial charge < -0.3 is 10.6 Å². The van der Waals surface area contributed by atoms with Gasteiger partial charge in [0.05, 0.1) is 6.04 Å². The predicted octanol–water partition coefficient (Wildman–Crippen LogP) is 3.91. The zero-order chi connectivity index (χ0) is 20.9. The summed E-state index contributed by atoms with van der Waals surface area (Å²) in [7, 11) is 0. The third-order valence-corrected chi connectivity index (χ3v) is 6.17. The molecule has 0 saturated carbocycles. The Morgan fingerprint density at radius 2 is 1.90 bits per heavy atom. The Balaban J connectivity index is 1.42. The molecule has 1 aliphatic heterocycles. The molecule has 3 aromatic rings. The number of hydrogen-bond donors (Lipinski definition) is 2. The van der Waals surface area contributed by atoms with Crippen LogP contribution >= 0.6 is 11.3 Å². The molecule has 2 N–H and O–H groups in total. The van der Waals surface area contributed by atoms with Gasteiger partial charge in [0.1, 0.15) is 0 Å². The third kappa shape index (κ3) is 4.78. The maximum absolute atomic E-state index is 12.4. The minimum absolute atomic E-state index is 0.0281. The van der Waals surface area contributed by atoms with Crippen molar-refractivity contribution in [1.82, 2.24) is 10.2 Å². The highest BCUT2D eigenvalue weighted by Gasteiger charge is 2.26. The van der Waals surface area contributed by atoms with Gasteiger partial charge in [0.2, 0.25) is 0 Å². The highest BCUT2D eigenvalue weighted by molar-refractivity contribution is 7.08. The lowest BCUT2D eigenvalue weighted by Crippen LogP contribution is -2.43. The minimum atomic E-state index is -0.645. The number of benzene rings is 2. The van der Waals surface area contributed by atoms with E-state index in [1.54, 1.807) is 17.4 Å². The van der Waals surface area contributed by atoms with Crippen LogP contribution in [0.15, 0.2) is 65.4 Å². The van der Waals surface area contributed by atoms with Crippen LogP contribution < -0.4 is 10.6 Å². The average Bonchev–Trinajstić information content (AvgIpc) is 3.28. The Morgan fingerprint density at radius 1 is 1.07 bits per heavy atom. The Kier molecular flexibility index (Phi) is 6.26. The molecule has 0 spiro atoms. The molecule has 2 aromatic carbocycles. The van der Waals surface area contributed by atoms with Crippen LogP contribution in [0.3, 0.4) is 0 Å². The van der Waals surface area contributed by atoms with E-state index < -0.39 is 11.8 Å². The molecule has 1 unspecified atom stereocenters. The van der Waals surface area contributed by atoms with Gasteiger partial charge in [0.15, 0.2) is 0 Å². The van der Waals surface area contributed by atoms with Crippen molar-refractivity contribution < 1.29 is 9.59 Å². The van der Waals surface area contributed by atoms with E-state index in [1.165, 1.54) is 16.7 Å². The van der Waals surface area contributed by atoms with Crippen LogP contribution in [-0.2, 0) is 22.6 Å². The second-order valence-electron chi connectivity index (χ2n) is 7.60. The average molecular weight is 420 g/mol. The number of rotatable bonds is 5. The van der Waals surface area contributed by atoms with Crippen LogP contribution in [-0.4, -0.2) is 29.8 Å². The van der Waals surface area contributed by atoms with Gasteiger partial charge in [-0.1, -0.05) is 36.4 Å². The van der Waals surface area contributed by atoms with Crippen molar-refractivity contribution in [1.29, 1.82) is 0 Å². The van der Waals surface area contributed by atoms with Crippen molar-refractivity contribution in [2.45, 2.75) is 25.9 Å². The standard InChI is InChI=1S/C24H25N3O2S/c1-17-5-4-8-21(13-17)26-24(29)23(28)25-14-22(20-10-12-30-16-20)27-11-9-18-6-2-3-7-19(18)15-27/h2-8,10,12-13,16,22H,9,11,14-15H2,1H3,(H,25,28)(H,26,29). The summed E-state index contributed by atoms with van der Waals surface area (Å²) in [5.74, 6) is -1.26. The van der Waals surface area contributed by atoms with Crippen molar-refractivity contribution in [3.8, 4) is 0 Å². The SMILES string of the molecule is Cc1cccc(NC(=O)C(=O)NCC(c2ccsc2)N2CCc3ccccc3C2)c1. The first kappa shape index (κ1) is 20.3. The fourth-order valence-corrected chi connectivity index (χ4v) is 4.59. The molecule has 30 heavy (non-hydrogen) atoms. The van der Waals surface area contributed by atoms with Crippen LogP contribution in [0, 0.1) is 6.92 Å². The number of nitrogens with one attached hydrogen (secondary N) is 2. The summed E-state index contributed by atoms with van der Waals surface area (Å²) < 4.78 is 0. The molecule has 0 aliphatic carbocycles. The van der Waals surface area contributed by atoms with Crippen molar-refractivity contribution in [2.75, 3.05) is 18.4 Å². The van der Waals surface area contributed by atoms with Gasteiger partial charge in [-0.05, 0) is 64.6 Å². The molecule has 1 aliphatic rings. The molecular formula is C24H25N3O2S. The molecule has 1 atom stereocenters. The van der Waals surface area contributed by atoms with E-state index in [9.17, 15) is 9.59 Å². The maximum Gasteiger partial charge on any atom is 0.313 e. The Labute approximate surface area is 180 Å². The summed E-state index contributed by atoms with van der Waals surface area (Å²) in [6, 6.07) is 18.0. The highest BCUT2D eigenvalue weighted by Crippen LogP contribution is 2.28. The van der Waals surface area contributed by atoms with E-state index in [4.69, 9.17) is 0 Å². The van der Waals surface area contributed by atoms with Gasteiger partial charge in [0.25, 0.3) is 0 Å². The summed E-state index contributed by atoms with van der Waals surface area (Å²) in [6.07, 6.45) is 0.985. The fraction of sp³-hybridized carbons (Fsp3) is 0.250. The first-order valence-corrected chi connectivity index (χ1v) is 11.0. The number of carbonyl (C=O) groups excluding carboxylic acids is 2. The zero-order valence-electron chi connectivity index (χ0n) is 16.9. The summed E-state index contributed by atoms with van der Waals surface area (Å²) in [5.41, 5.74) is 5.53. The minimum Gasteiger partial charge on any atom is -0.346 e. The quantitative estimate of drug-likeness (QED) is 0.617. The second kappa shape index (κ2) is 9.24. The molecule has 4 rings (SSSR count). The molecule has 5 nitrogen and oxygen atoms in total. The molecule has 154 valence electrons. The fourth-order valence-electron chi connectivity index (χ4n) is 3.89. The lowest BCUT2D eigenvalue weighted by Gasteiger charge is -2.35. The van der Waals surface area contributed by atoms with Gasteiger partial charge >= 0.3 is 11.8 Å². The monoisotopic (exact) mass is 419 g/mol. The van der Waals surface area contributed by atoms with Crippen molar-refractivity contribution in [2.24, 2.45) is 0 Å². The number of anilines is 1. The molecule has 6 heteroatoms. The van der Waals surface area contributed by atoms with Crippen LogP contribution in [0.1, 0.15) is 28.3 Å². The maximum atomic E-state index is 12.4. The normalized spacial score (nSPS) is 14.6. The van der Waals surface area contributed by atoms with Gasteiger partial charge in [-0.3, -0.25) is 14.5 Å². The Bertz CT molecular complexity index is 1030. The lowest BCUT2D eigenvalue weighted by atomic mass is 9.97. The second-order valence-corrected chi connectivity index (χ2v) is 8.38. The summed E-state index contributed by atoms with van der Waals surface area (Å²) in [4.78, 5) is 27.2. The summed E-state index contributed by atoms with van der Waals surface area (Å²) in [5, 5.41) is 9.67. The number of hydrogen-bond acceptors (Lipinski definition) is 4. The van der Waals surface area contributed by atoms with Crippen LogP contribution in [0.25, 0.3) is 0 Å². The molecule has 0 saturated heterocycles. The number of thiophene rings is 1. The van der Waals surface area contributed by atoms with Gasteiger partial charge in [-0.2, -0.15) is 11.3 Å². The smallest absolute Gasteiger partial charge is 0.313 e. The molecule has 0 fully saturated rings. The molecule has 2 amide bonds. The largest absolute Gasteiger partial charge is 0.346 e. The van der Waals surface area contributed by atoms with E-state index in [1.807, 2.05) is 30.5 Å². The lowest BCUT2D eigenvalue weighted by molar-refractivity contribution is -0.136. The van der Waals surface area contributed by atoms with Crippen LogP contribution in [0.2, 0.25) is 0 Å². The summed E-state index contributed by atoms with van der Waals surface area (Å²) in [6.45, 7) is 4.09. The van der Waals surface area contributed by atoms with Gasteiger partial charge in [-0.25, -0.2) is 0 Å². The van der Waals surface area contributed by atoms with Gasteiger partial charge in [0, 0.05) is 25.3 Å². The van der Waals surface area contributed by atoms with Crippen molar-refractivity contribution in [3.63, 3.8) is 0 Å². The third-order valence-electron chi connectivity index (χ3n) is 5.47. The predicted molar refractivity (Wildman–Crippen MR) is 120 cm³/mol. The highest BCUT2D eigenvalue weighted by atomic mass is 32.1. The Morgan fingerprint density at radius 3 is 2.67 bits per heavy atom. The Hall–Kier alpha value is -2.96. The molecule has 0 bridgehead atoms. The van der Waals surface area contributed by atoms with E-state index in [0.29, 0.717) is 12.2 Å².